The van der Waals surface area contributed by atoms with Crippen molar-refractivity contribution in [1.29, 1.82) is 0 Å². The minimum absolute atomic E-state index is 0.00360. The third-order valence-electron chi connectivity index (χ3n) is 2.15. The highest BCUT2D eigenvalue weighted by molar-refractivity contribution is 8.13. The largest absolute Gasteiger partial charge is 0.390 e. The molecule has 1 aromatic heterocycles. The van der Waals surface area contributed by atoms with E-state index in [4.69, 9.17) is 11.6 Å². The lowest BCUT2D eigenvalue weighted by atomic mass is 10.1. The molecule has 0 radical (unpaired) electrons. The van der Waals surface area contributed by atoms with Crippen LogP contribution in [0.25, 0.3) is 0 Å². The summed E-state index contributed by atoms with van der Waals surface area (Å²) in [6, 6.07) is 1.56. The van der Waals surface area contributed by atoms with Crippen molar-refractivity contribution < 1.29 is 15.0 Å². The first-order chi connectivity index (χ1) is 8.00. The molecule has 17 heavy (non-hydrogen) atoms. The van der Waals surface area contributed by atoms with E-state index in [-0.39, 0.29) is 5.12 Å². The Morgan fingerprint density at radius 2 is 2.24 bits per heavy atom. The average molecular weight is 276 g/mol. The number of pyridine rings is 1. The van der Waals surface area contributed by atoms with Gasteiger partial charge in [0, 0.05) is 30.6 Å². The molecule has 6 heteroatoms. The molecule has 2 N–H and O–H groups in total. The molecule has 0 aliphatic carbocycles. The van der Waals surface area contributed by atoms with Gasteiger partial charge in [-0.3, -0.25) is 9.78 Å². The van der Waals surface area contributed by atoms with E-state index in [1.807, 2.05) is 0 Å². The highest BCUT2D eigenvalue weighted by Crippen LogP contribution is 2.22. The topological polar surface area (TPSA) is 70.4 Å². The van der Waals surface area contributed by atoms with E-state index >= 15 is 0 Å². The van der Waals surface area contributed by atoms with Gasteiger partial charge in [-0.15, -0.1) is 0 Å². The van der Waals surface area contributed by atoms with Gasteiger partial charge in [0.15, 0.2) is 5.12 Å². The first-order valence-corrected chi connectivity index (χ1v) is 6.47. The normalized spacial score (nSPS) is 14.4. The standard InChI is InChI=1S/C11H14ClNO3S/c1-7(14)17-3-2-10(15)11(16)8-4-9(12)6-13-5-8/h4-6,10-11,15-16H,2-3H2,1H3. The number of carbonyl (C=O) groups is 1. The van der Waals surface area contributed by atoms with Crippen molar-refractivity contribution in [3.8, 4) is 0 Å². The SMILES string of the molecule is CC(=O)SCCC(O)C(O)c1cncc(Cl)c1. The van der Waals surface area contributed by atoms with E-state index < -0.39 is 12.2 Å². The molecule has 0 bridgehead atoms. The summed E-state index contributed by atoms with van der Waals surface area (Å²) in [6.07, 6.45) is 1.28. The lowest BCUT2D eigenvalue weighted by Crippen LogP contribution is -2.19. The molecule has 0 amide bonds. The van der Waals surface area contributed by atoms with Crippen LogP contribution in [0.1, 0.15) is 25.0 Å². The molecule has 0 saturated carbocycles. The summed E-state index contributed by atoms with van der Waals surface area (Å²) in [6.45, 7) is 1.47. The van der Waals surface area contributed by atoms with Crippen LogP contribution in [0, 0.1) is 0 Å². The van der Waals surface area contributed by atoms with Gasteiger partial charge in [-0.05, 0) is 12.5 Å². The van der Waals surface area contributed by atoms with E-state index in [9.17, 15) is 15.0 Å². The average Bonchev–Trinajstić information content (AvgIpc) is 2.27. The Morgan fingerprint density at radius 3 is 2.82 bits per heavy atom. The molecule has 2 unspecified atom stereocenters. The van der Waals surface area contributed by atoms with Crippen molar-refractivity contribution in [3.05, 3.63) is 29.0 Å². The highest BCUT2D eigenvalue weighted by Gasteiger charge is 2.18. The van der Waals surface area contributed by atoms with Crippen LogP contribution < -0.4 is 0 Å². The van der Waals surface area contributed by atoms with Crippen LogP contribution in [-0.2, 0) is 4.79 Å². The lowest BCUT2D eigenvalue weighted by Gasteiger charge is -2.17. The molecule has 1 aromatic rings. The molecule has 0 aliphatic rings. The van der Waals surface area contributed by atoms with Crippen LogP contribution in [0.5, 0.6) is 0 Å². The number of aliphatic hydroxyl groups is 2. The Balaban J connectivity index is 2.51. The third-order valence-corrected chi connectivity index (χ3v) is 3.20. The number of carbonyl (C=O) groups excluding carboxylic acids is 1. The van der Waals surface area contributed by atoms with Crippen LogP contribution in [0.3, 0.4) is 0 Å². The Morgan fingerprint density at radius 1 is 1.53 bits per heavy atom. The number of hydrogen-bond acceptors (Lipinski definition) is 5. The number of thioether (sulfide) groups is 1. The Kier molecular flexibility index (Phi) is 5.91. The Labute approximate surface area is 109 Å². The predicted octanol–water partition coefficient (Wildman–Crippen LogP) is 1.80. The van der Waals surface area contributed by atoms with Crippen LogP contribution in [0.2, 0.25) is 5.02 Å². The van der Waals surface area contributed by atoms with Crippen molar-refractivity contribution in [1.82, 2.24) is 4.98 Å². The Hall–Kier alpha value is -0.620. The zero-order valence-corrected chi connectivity index (χ0v) is 10.9. The van der Waals surface area contributed by atoms with Crippen molar-refractivity contribution in [2.75, 3.05) is 5.75 Å². The van der Waals surface area contributed by atoms with Gasteiger partial charge in [0.1, 0.15) is 6.10 Å². The summed E-state index contributed by atoms with van der Waals surface area (Å²) in [5.41, 5.74) is 0.470. The fourth-order valence-electron chi connectivity index (χ4n) is 1.29. The summed E-state index contributed by atoms with van der Waals surface area (Å²) in [7, 11) is 0. The number of hydrogen-bond donors (Lipinski definition) is 2. The zero-order valence-electron chi connectivity index (χ0n) is 9.34. The highest BCUT2D eigenvalue weighted by atomic mass is 35.5. The molecule has 0 aromatic carbocycles. The van der Waals surface area contributed by atoms with Gasteiger partial charge in [-0.1, -0.05) is 23.4 Å². The van der Waals surface area contributed by atoms with Crippen molar-refractivity contribution in [3.63, 3.8) is 0 Å². The minimum Gasteiger partial charge on any atom is -0.390 e. The second kappa shape index (κ2) is 6.96. The van der Waals surface area contributed by atoms with Gasteiger partial charge in [0.2, 0.25) is 0 Å². The summed E-state index contributed by atoms with van der Waals surface area (Å²) in [4.78, 5) is 14.5. The fraction of sp³-hybridized carbons (Fsp3) is 0.455. The van der Waals surface area contributed by atoms with Crippen LogP contribution in [-0.4, -0.2) is 32.2 Å². The molecule has 1 rings (SSSR count). The second-order valence-corrected chi connectivity index (χ2v) is 5.29. The molecule has 2 atom stereocenters. The summed E-state index contributed by atoms with van der Waals surface area (Å²) >= 11 is 6.86. The summed E-state index contributed by atoms with van der Waals surface area (Å²) in [5.74, 6) is 0.474. The summed E-state index contributed by atoms with van der Waals surface area (Å²) in [5, 5.41) is 20.0. The first-order valence-electron chi connectivity index (χ1n) is 5.10. The Bertz CT molecular complexity index is 389. The number of rotatable bonds is 5. The number of aliphatic hydroxyl groups excluding tert-OH is 2. The second-order valence-electron chi connectivity index (χ2n) is 3.58. The monoisotopic (exact) mass is 275 g/mol. The molecular formula is C11H14ClNO3S. The van der Waals surface area contributed by atoms with E-state index in [0.717, 1.165) is 11.8 Å². The van der Waals surface area contributed by atoms with Gasteiger partial charge in [-0.2, -0.15) is 0 Å². The van der Waals surface area contributed by atoms with Crippen molar-refractivity contribution in [2.45, 2.75) is 25.6 Å². The maximum Gasteiger partial charge on any atom is 0.185 e. The molecule has 0 spiro atoms. The zero-order chi connectivity index (χ0) is 12.8. The van der Waals surface area contributed by atoms with Gasteiger partial charge in [-0.25, -0.2) is 0 Å². The van der Waals surface area contributed by atoms with Gasteiger partial charge in [0.25, 0.3) is 0 Å². The minimum atomic E-state index is -1.03. The molecule has 0 aliphatic heterocycles. The lowest BCUT2D eigenvalue weighted by molar-refractivity contribution is -0.109. The maximum atomic E-state index is 10.7. The maximum absolute atomic E-state index is 10.7. The first kappa shape index (κ1) is 14.4. The third kappa shape index (κ3) is 5.04. The molecule has 1 heterocycles. The van der Waals surface area contributed by atoms with Crippen molar-refractivity contribution >= 4 is 28.5 Å². The van der Waals surface area contributed by atoms with Gasteiger partial charge >= 0.3 is 0 Å². The van der Waals surface area contributed by atoms with E-state index in [1.165, 1.54) is 19.3 Å². The summed E-state index contributed by atoms with van der Waals surface area (Å²) < 4.78 is 0. The van der Waals surface area contributed by atoms with E-state index in [1.54, 1.807) is 6.07 Å². The molecule has 94 valence electrons. The number of halogens is 1. The van der Waals surface area contributed by atoms with E-state index in [0.29, 0.717) is 22.8 Å². The van der Waals surface area contributed by atoms with E-state index in [2.05, 4.69) is 4.98 Å². The van der Waals surface area contributed by atoms with Gasteiger partial charge < -0.3 is 10.2 Å². The van der Waals surface area contributed by atoms with Crippen LogP contribution >= 0.6 is 23.4 Å². The number of aromatic nitrogens is 1. The van der Waals surface area contributed by atoms with Gasteiger partial charge in [0.05, 0.1) is 11.1 Å². The molecular weight excluding hydrogens is 262 g/mol. The smallest absolute Gasteiger partial charge is 0.185 e. The quantitative estimate of drug-likeness (QED) is 0.857. The van der Waals surface area contributed by atoms with Crippen LogP contribution in [0.15, 0.2) is 18.5 Å². The number of nitrogens with zero attached hydrogens (tertiary/aromatic N) is 1. The predicted molar refractivity (Wildman–Crippen MR) is 68.0 cm³/mol. The van der Waals surface area contributed by atoms with Crippen molar-refractivity contribution in [2.24, 2.45) is 0 Å². The molecule has 0 saturated heterocycles. The molecule has 4 nitrogen and oxygen atoms in total. The van der Waals surface area contributed by atoms with Crippen LogP contribution in [0.4, 0.5) is 0 Å². The molecule has 0 fully saturated rings. The fourth-order valence-corrected chi connectivity index (χ4v) is 2.12.